The van der Waals surface area contributed by atoms with Gasteiger partial charge in [0.25, 0.3) is 0 Å². The first-order valence-corrected chi connectivity index (χ1v) is 3.25. The Balaban J connectivity index is 2.53. The summed E-state index contributed by atoms with van der Waals surface area (Å²) >= 11 is 0. The lowest BCUT2D eigenvalue weighted by Gasteiger charge is -2.24. The predicted octanol–water partition coefficient (Wildman–Crippen LogP) is 0.575. The molecular formula is C7H11N3. The highest BCUT2D eigenvalue weighted by molar-refractivity contribution is 4.96. The summed E-state index contributed by atoms with van der Waals surface area (Å²) in [7, 11) is 3.95. The summed E-state index contributed by atoms with van der Waals surface area (Å²) in [5, 5.41) is 8.43. The lowest BCUT2D eigenvalue weighted by atomic mass is 10.3. The molecule has 0 fully saturated rings. The first-order valence-electron chi connectivity index (χ1n) is 3.25. The van der Waals surface area contributed by atoms with Gasteiger partial charge in [-0.3, -0.25) is 0 Å². The van der Waals surface area contributed by atoms with E-state index in [9.17, 15) is 0 Å². The minimum Gasteiger partial charge on any atom is -0.358 e. The topological polar surface area (TPSA) is 30.3 Å². The van der Waals surface area contributed by atoms with E-state index in [2.05, 4.69) is 6.07 Å². The Labute approximate surface area is 61.1 Å². The van der Waals surface area contributed by atoms with Crippen LogP contribution >= 0.6 is 0 Å². The average molecular weight is 137 g/mol. The number of rotatable bonds is 1. The van der Waals surface area contributed by atoms with Crippen LogP contribution in [0, 0.1) is 11.3 Å². The zero-order valence-electron chi connectivity index (χ0n) is 6.28. The summed E-state index contributed by atoms with van der Waals surface area (Å²) < 4.78 is 0. The SMILES string of the molecule is CN1C=CN(C)C1CC#N. The standard InChI is InChI=1S/C7H11N3/c1-9-5-6-10(2)7(9)3-4-8/h5-7H,3H2,1-2H3. The van der Waals surface area contributed by atoms with Crippen LogP contribution in [0.5, 0.6) is 0 Å². The molecule has 1 aliphatic rings. The average Bonchev–Trinajstić information content (AvgIpc) is 2.20. The van der Waals surface area contributed by atoms with E-state index >= 15 is 0 Å². The van der Waals surface area contributed by atoms with Gasteiger partial charge in [0.05, 0.1) is 12.5 Å². The van der Waals surface area contributed by atoms with E-state index < -0.39 is 0 Å². The van der Waals surface area contributed by atoms with Crippen molar-refractivity contribution in [1.29, 1.82) is 5.26 Å². The molecule has 10 heavy (non-hydrogen) atoms. The van der Waals surface area contributed by atoms with Crippen molar-refractivity contribution in [3.63, 3.8) is 0 Å². The number of nitrogens with zero attached hydrogens (tertiary/aromatic N) is 3. The fourth-order valence-electron chi connectivity index (χ4n) is 1.07. The van der Waals surface area contributed by atoms with Gasteiger partial charge in [0.2, 0.25) is 0 Å². The van der Waals surface area contributed by atoms with Gasteiger partial charge in [-0.25, -0.2) is 0 Å². The third kappa shape index (κ3) is 1.06. The van der Waals surface area contributed by atoms with Gasteiger partial charge in [0, 0.05) is 26.5 Å². The van der Waals surface area contributed by atoms with Gasteiger partial charge in [0.1, 0.15) is 6.17 Å². The van der Waals surface area contributed by atoms with Crippen LogP contribution in [-0.2, 0) is 0 Å². The minimum atomic E-state index is 0.241. The third-order valence-corrected chi connectivity index (χ3v) is 1.75. The van der Waals surface area contributed by atoms with Crippen LogP contribution in [0.4, 0.5) is 0 Å². The molecule has 3 nitrogen and oxygen atoms in total. The van der Waals surface area contributed by atoms with Crippen molar-refractivity contribution in [3.05, 3.63) is 12.4 Å². The van der Waals surface area contributed by atoms with E-state index in [0.717, 1.165) is 0 Å². The molecule has 0 aromatic carbocycles. The van der Waals surface area contributed by atoms with Gasteiger partial charge in [-0.05, 0) is 0 Å². The van der Waals surface area contributed by atoms with Crippen molar-refractivity contribution < 1.29 is 0 Å². The maximum Gasteiger partial charge on any atom is 0.113 e. The summed E-state index contributed by atoms with van der Waals surface area (Å²) in [5.74, 6) is 0. The highest BCUT2D eigenvalue weighted by atomic mass is 15.4. The molecule has 0 unspecified atom stereocenters. The van der Waals surface area contributed by atoms with Gasteiger partial charge in [-0.2, -0.15) is 5.26 Å². The Bertz CT molecular complexity index is 168. The Morgan fingerprint density at radius 1 is 1.40 bits per heavy atom. The highest BCUT2D eigenvalue weighted by Crippen LogP contribution is 2.13. The van der Waals surface area contributed by atoms with Gasteiger partial charge in [-0.1, -0.05) is 0 Å². The predicted molar refractivity (Wildman–Crippen MR) is 38.7 cm³/mol. The maximum atomic E-state index is 8.43. The summed E-state index contributed by atoms with van der Waals surface area (Å²) in [5.41, 5.74) is 0. The molecule has 0 saturated carbocycles. The number of hydrogen-bond donors (Lipinski definition) is 0. The largest absolute Gasteiger partial charge is 0.358 e. The second kappa shape index (κ2) is 2.61. The molecule has 0 radical (unpaired) electrons. The molecule has 0 aromatic rings. The van der Waals surface area contributed by atoms with Crippen molar-refractivity contribution >= 4 is 0 Å². The molecule has 3 heteroatoms. The summed E-state index contributed by atoms with van der Waals surface area (Å²) in [4.78, 5) is 4.06. The Hall–Kier alpha value is -1.17. The molecule has 0 aliphatic carbocycles. The zero-order chi connectivity index (χ0) is 7.56. The Morgan fingerprint density at radius 2 is 1.90 bits per heavy atom. The molecule has 0 spiro atoms. The number of hydrogen-bond acceptors (Lipinski definition) is 3. The Kier molecular flexibility index (Phi) is 1.81. The van der Waals surface area contributed by atoms with Crippen molar-refractivity contribution in [2.45, 2.75) is 12.6 Å². The van der Waals surface area contributed by atoms with Crippen molar-refractivity contribution in [2.75, 3.05) is 14.1 Å². The monoisotopic (exact) mass is 137 g/mol. The van der Waals surface area contributed by atoms with Gasteiger partial charge >= 0.3 is 0 Å². The summed E-state index contributed by atoms with van der Waals surface area (Å²) in [6, 6.07) is 2.15. The molecule has 1 rings (SSSR count). The van der Waals surface area contributed by atoms with Gasteiger partial charge in [0.15, 0.2) is 0 Å². The van der Waals surface area contributed by atoms with E-state index in [1.54, 1.807) is 0 Å². The van der Waals surface area contributed by atoms with Crippen LogP contribution in [0.15, 0.2) is 12.4 Å². The molecule has 54 valence electrons. The molecule has 0 N–H and O–H groups in total. The van der Waals surface area contributed by atoms with E-state index in [4.69, 9.17) is 5.26 Å². The molecule has 0 aromatic heterocycles. The van der Waals surface area contributed by atoms with Crippen molar-refractivity contribution in [2.24, 2.45) is 0 Å². The summed E-state index contributed by atoms with van der Waals surface area (Å²) in [6.07, 6.45) is 4.74. The van der Waals surface area contributed by atoms with Crippen LogP contribution in [0.2, 0.25) is 0 Å². The van der Waals surface area contributed by atoms with Gasteiger partial charge < -0.3 is 9.80 Å². The first kappa shape index (κ1) is 6.94. The van der Waals surface area contributed by atoms with E-state index in [0.29, 0.717) is 6.42 Å². The van der Waals surface area contributed by atoms with E-state index in [1.165, 1.54) is 0 Å². The zero-order valence-corrected chi connectivity index (χ0v) is 6.28. The third-order valence-electron chi connectivity index (χ3n) is 1.75. The molecule has 0 bridgehead atoms. The fourth-order valence-corrected chi connectivity index (χ4v) is 1.07. The van der Waals surface area contributed by atoms with Crippen LogP contribution in [0.3, 0.4) is 0 Å². The molecule has 0 saturated heterocycles. The molecule has 1 heterocycles. The molecule has 0 amide bonds. The van der Waals surface area contributed by atoms with Crippen LogP contribution in [0.25, 0.3) is 0 Å². The highest BCUT2D eigenvalue weighted by Gasteiger charge is 2.18. The number of nitriles is 1. The quantitative estimate of drug-likeness (QED) is 0.529. The lowest BCUT2D eigenvalue weighted by molar-refractivity contribution is 0.210. The van der Waals surface area contributed by atoms with Crippen LogP contribution in [-0.4, -0.2) is 30.1 Å². The molecule has 1 aliphatic heterocycles. The molecule has 0 atom stereocenters. The summed E-state index contributed by atoms with van der Waals surface area (Å²) in [6.45, 7) is 0. The fraction of sp³-hybridized carbons (Fsp3) is 0.571. The van der Waals surface area contributed by atoms with Gasteiger partial charge in [-0.15, -0.1) is 0 Å². The second-order valence-electron chi connectivity index (χ2n) is 2.47. The van der Waals surface area contributed by atoms with E-state index in [-0.39, 0.29) is 6.17 Å². The molecular weight excluding hydrogens is 126 g/mol. The van der Waals surface area contributed by atoms with Crippen molar-refractivity contribution in [3.8, 4) is 6.07 Å². The Morgan fingerprint density at radius 3 is 2.30 bits per heavy atom. The lowest BCUT2D eigenvalue weighted by Crippen LogP contribution is -2.33. The first-order chi connectivity index (χ1) is 4.75. The van der Waals surface area contributed by atoms with E-state index in [1.807, 2.05) is 36.3 Å². The minimum absolute atomic E-state index is 0.241. The van der Waals surface area contributed by atoms with Crippen molar-refractivity contribution in [1.82, 2.24) is 9.80 Å². The van der Waals surface area contributed by atoms with Crippen LogP contribution < -0.4 is 0 Å². The van der Waals surface area contributed by atoms with Crippen LogP contribution in [0.1, 0.15) is 6.42 Å². The smallest absolute Gasteiger partial charge is 0.113 e. The second-order valence-corrected chi connectivity index (χ2v) is 2.47. The maximum absolute atomic E-state index is 8.43. The normalized spacial score (nSPS) is 18.1.